The number of carbonyl (C=O) groups excluding carboxylic acids is 3. The second kappa shape index (κ2) is 4.96. The summed E-state index contributed by atoms with van der Waals surface area (Å²) in [6.45, 7) is 0.991. The van der Waals surface area contributed by atoms with Gasteiger partial charge in [-0.15, -0.1) is 0 Å². The molecular weight excluding hydrogens is 306 g/mol. The van der Waals surface area contributed by atoms with Crippen molar-refractivity contribution in [2.75, 3.05) is 13.1 Å². The minimum absolute atomic E-state index is 0.00675. The third-order valence-electron chi connectivity index (χ3n) is 7.02. The van der Waals surface area contributed by atoms with Gasteiger partial charge in [0.05, 0.1) is 6.04 Å². The van der Waals surface area contributed by atoms with E-state index in [0.717, 1.165) is 37.0 Å². The Labute approximate surface area is 141 Å². The molecule has 4 aliphatic carbocycles. The topological polar surface area (TPSA) is 69.7 Å². The fourth-order valence-corrected chi connectivity index (χ4v) is 6.36. The zero-order valence-corrected chi connectivity index (χ0v) is 14.0. The van der Waals surface area contributed by atoms with Crippen molar-refractivity contribution in [3.8, 4) is 0 Å². The fraction of sp³-hybridized carbons (Fsp3) is 0.833. The predicted octanol–water partition coefficient (Wildman–Crippen LogP) is 1.50. The summed E-state index contributed by atoms with van der Waals surface area (Å²) in [6, 6.07) is -0.0955. The van der Waals surface area contributed by atoms with Crippen molar-refractivity contribution in [1.82, 2.24) is 15.1 Å². The van der Waals surface area contributed by atoms with Gasteiger partial charge in [0.25, 0.3) is 0 Å². The van der Waals surface area contributed by atoms with Crippen LogP contribution in [0.5, 0.6) is 0 Å². The fourth-order valence-electron chi connectivity index (χ4n) is 6.36. The molecule has 2 aliphatic heterocycles. The Hall–Kier alpha value is -1.59. The maximum Gasteiger partial charge on any atom is 0.317 e. The van der Waals surface area contributed by atoms with Gasteiger partial charge in [0.2, 0.25) is 11.8 Å². The third-order valence-corrected chi connectivity index (χ3v) is 7.02. The molecule has 0 spiro atoms. The van der Waals surface area contributed by atoms with E-state index in [1.807, 2.05) is 0 Å². The van der Waals surface area contributed by atoms with Crippen LogP contribution in [0.4, 0.5) is 4.79 Å². The van der Waals surface area contributed by atoms with E-state index in [0.29, 0.717) is 25.9 Å². The van der Waals surface area contributed by atoms with E-state index in [1.54, 1.807) is 4.90 Å². The molecule has 6 aliphatic rings. The number of rotatable bonds is 2. The Morgan fingerprint density at radius 3 is 1.92 bits per heavy atom. The van der Waals surface area contributed by atoms with Crippen molar-refractivity contribution in [3.63, 3.8) is 0 Å². The Morgan fingerprint density at radius 1 is 0.917 bits per heavy atom. The largest absolute Gasteiger partial charge is 0.333 e. The molecule has 0 aromatic rings. The van der Waals surface area contributed by atoms with E-state index >= 15 is 0 Å². The SMILES string of the molecule is O=C(NC12CC3CC(CC(C3)C1)C2)N1CC(N2C(=O)CCC2=O)C1. The molecule has 4 saturated carbocycles. The summed E-state index contributed by atoms with van der Waals surface area (Å²) in [5, 5.41) is 3.36. The van der Waals surface area contributed by atoms with E-state index < -0.39 is 0 Å². The maximum atomic E-state index is 12.7. The summed E-state index contributed by atoms with van der Waals surface area (Å²) in [6.07, 6.45) is 8.17. The molecule has 0 unspecified atom stereocenters. The quantitative estimate of drug-likeness (QED) is 0.780. The van der Waals surface area contributed by atoms with Crippen molar-refractivity contribution in [3.05, 3.63) is 0 Å². The van der Waals surface area contributed by atoms with Gasteiger partial charge in [-0.3, -0.25) is 14.5 Å². The Bertz CT molecular complexity index is 559. The second-order valence-electron chi connectivity index (χ2n) is 8.84. The molecule has 2 saturated heterocycles. The Balaban J connectivity index is 1.20. The zero-order chi connectivity index (χ0) is 16.5. The first-order valence-electron chi connectivity index (χ1n) is 9.43. The smallest absolute Gasteiger partial charge is 0.317 e. The van der Waals surface area contributed by atoms with E-state index in [1.165, 1.54) is 24.2 Å². The highest BCUT2D eigenvalue weighted by Crippen LogP contribution is 2.55. The minimum Gasteiger partial charge on any atom is -0.333 e. The summed E-state index contributed by atoms with van der Waals surface area (Å²) >= 11 is 0. The van der Waals surface area contributed by atoms with E-state index in [-0.39, 0.29) is 29.4 Å². The van der Waals surface area contributed by atoms with Gasteiger partial charge in [0.15, 0.2) is 0 Å². The lowest BCUT2D eigenvalue weighted by atomic mass is 9.53. The number of nitrogens with zero attached hydrogens (tertiary/aromatic N) is 2. The molecule has 6 fully saturated rings. The lowest BCUT2D eigenvalue weighted by Gasteiger charge is -2.57. The van der Waals surface area contributed by atoms with Crippen LogP contribution in [0.15, 0.2) is 0 Å². The molecule has 130 valence electrons. The molecular formula is C18H25N3O3. The van der Waals surface area contributed by atoms with Crippen molar-refractivity contribution in [1.29, 1.82) is 0 Å². The standard InChI is InChI=1S/C18H25N3O3/c22-15-1-2-16(23)21(15)14-9-20(10-14)17(24)19-18-6-11-3-12(7-18)5-13(4-11)8-18/h11-14H,1-10H2,(H,19,24). The highest BCUT2D eigenvalue weighted by molar-refractivity contribution is 6.02. The third kappa shape index (κ3) is 2.18. The molecule has 2 heterocycles. The van der Waals surface area contributed by atoms with Gasteiger partial charge in [-0.2, -0.15) is 0 Å². The lowest BCUT2D eigenvalue weighted by Crippen LogP contribution is -2.68. The molecule has 6 nitrogen and oxygen atoms in total. The normalized spacial score (nSPS) is 41.1. The Kier molecular flexibility index (Phi) is 3.04. The van der Waals surface area contributed by atoms with Crippen LogP contribution < -0.4 is 5.32 Å². The maximum absolute atomic E-state index is 12.7. The summed E-state index contributed by atoms with van der Waals surface area (Å²) in [5.41, 5.74) is 0.0240. The second-order valence-corrected chi connectivity index (χ2v) is 8.84. The lowest BCUT2D eigenvalue weighted by molar-refractivity contribution is -0.144. The average molecular weight is 331 g/mol. The summed E-state index contributed by atoms with van der Waals surface area (Å²) in [7, 11) is 0. The van der Waals surface area contributed by atoms with Gasteiger partial charge in [0.1, 0.15) is 0 Å². The van der Waals surface area contributed by atoms with Gasteiger partial charge < -0.3 is 10.2 Å². The van der Waals surface area contributed by atoms with Gasteiger partial charge >= 0.3 is 6.03 Å². The average Bonchev–Trinajstić information content (AvgIpc) is 2.76. The summed E-state index contributed by atoms with van der Waals surface area (Å²) in [5.74, 6) is 2.26. The van der Waals surface area contributed by atoms with E-state index in [2.05, 4.69) is 5.32 Å². The minimum atomic E-state index is -0.102. The zero-order valence-electron chi connectivity index (χ0n) is 14.0. The molecule has 4 bridgehead atoms. The molecule has 0 aromatic carbocycles. The number of imide groups is 1. The van der Waals surface area contributed by atoms with Gasteiger partial charge in [-0.1, -0.05) is 0 Å². The van der Waals surface area contributed by atoms with Crippen LogP contribution in [0.1, 0.15) is 51.4 Å². The number of carbonyl (C=O) groups is 3. The highest BCUT2D eigenvalue weighted by atomic mass is 16.2. The van der Waals surface area contributed by atoms with Crippen molar-refractivity contribution in [2.45, 2.75) is 62.9 Å². The van der Waals surface area contributed by atoms with Crippen LogP contribution in [0.25, 0.3) is 0 Å². The first-order valence-corrected chi connectivity index (χ1v) is 9.43. The number of urea groups is 1. The first kappa shape index (κ1) is 14.7. The number of nitrogens with one attached hydrogen (secondary N) is 1. The molecule has 0 radical (unpaired) electrons. The molecule has 6 rings (SSSR count). The molecule has 1 N–H and O–H groups in total. The van der Waals surface area contributed by atoms with Crippen LogP contribution in [-0.4, -0.2) is 52.3 Å². The number of likely N-dealkylation sites (tertiary alicyclic amines) is 2. The number of hydrogen-bond acceptors (Lipinski definition) is 3. The molecule has 4 amide bonds. The van der Waals surface area contributed by atoms with Crippen molar-refractivity contribution in [2.24, 2.45) is 17.8 Å². The Morgan fingerprint density at radius 2 is 1.42 bits per heavy atom. The highest BCUT2D eigenvalue weighted by Gasteiger charge is 2.52. The summed E-state index contributed by atoms with van der Waals surface area (Å²) < 4.78 is 0. The number of amides is 4. The van der Waals surface area contributed by atoms with Crippen molar-refractivity contribution >= 4 is 17.8 Å². The van der Waals surface area contributed by atoms with Crippen molar-refractivity contribution < 1.29 is 14.4 Å². The van der Waals surface area contributed by atoms with Crippen LogP contribution in [-0.2, 0) is 9.59 Å². The molecule has 0 atom stereocenters. The van der Waals surface area contributed by atoms with Crippen LogP contribution in [0.3, 0.4) is 0 Å². The monoisotopic (exact) mass is 331 g/mol. The van der Waals surface area contributed by atoms with Crippen LogP contribution in [0.2, 0.25) is 0 Å². The molecule has 6 heteroatoms. The van der Waals surface area contributed by atoms with Gasteiger partial charge in [-0.05, 0) is 56.3 Å². The van der Waals surface area contributed by atoms with Gasteiger partial charge in [-0.25, -0.2) is 4.79 Å². The van der Waals surface area contributed by atoms with E-state index in [4.69, 9.17) is 0 Å². The molecule has 24 heavy (non-hydrogen) atoms. The number of hydrogen-bond donors (Lipinski definition) is 1. The van der Waals surface area contributed by atoms with Gasteiger partial charge in [0, 0.05) is 31.5 Å². The first-order chi connectivity index (χ1) is 11.5. The van der Waals surface area contributed by atoms with E-state index in [9.17, 15) is 14.4 Å². The molecule has 0 aromatic heterocycles. The van der Waals surface area contributed by atoms with Crippen LogP contribution >= 0.6 is 0 Å². The van der Waals surface area contributed by atoms with Crippen LogP contribution in [0, 0.1) is 17.8 Å². The summed E-state index contributed by atoms with van der Waals surface area (Å²) in [4.78, 5) is 39.4. The predicted molar refractivity (Wildman–Crippen MR) is 85.9 cm³/mol.